The van der Waals surface area contributed by atoms with Gasteiger partial charge in [0.05, 0.1) is 13.0 Å². The number of phenolic OH excluding ortho intramolecular Hbond substituents is 1. The lowest BCUT2D eigenvalue weighted by molar-refractivity contribution is -0.147. The van der Waals surface area contributed by atoms with Gasteiger partial charge < -0.3 is 9.84 Å². The molecule has 18 heavy (non-hydrogen) atoms. The van der Waals surface area contributed by atoms with Crippen molar-refractivity contribution in [2.45, 2.75) is 18.9 Å². The van der Waals surface area contributed by atoms with E-state index in [1.165, 1.54) is 7.11 Å². The van der Waals surface area contributed by atoms with Gasteiger partial charge in [0.2, 0.25) is 0 Å². The van der Waals surface area contributed by atoms with Gasteiger partial charge in [-0.1, -0.05) is 12.1 Å². The summed E-state index contributed by atoms with van der Waals surface area (Å²) in [6.07, 6.45) is 1.62. The first-order chi connectivity index (χ1) is 8.61. The minimum atomic E-state index is -0.119. The SMILES string of the molecule is COC(=O)C1CCN(C)C(c2ccc(O)cc2)C1. The third-order valence-electron chi connectivity index (χ3n) is 3.68. The second-order valence-electron chi connectivity index (χ2n) is 4.83. The zero-order valence-electron chi connectivity index (χ0n) is 10.8. The Labute approximate surface area is 107 Å². The van der Waals surface area contributed by atoms with Gasteiger partial charge in [0.25, 0.3) is 0 Å². The minimum Gasteiger partial charge on any atom is -0.508 e. The number of benzene rings is 1. The molecule has 0 aromatic heterocycles. The zero-order chi connectivity index (χ0) is 13.1. The standard InChI is InChI=1S/C14H19NO3/c1-15-8-7-11(14(17)18-2)9-13(15)10-3-5-12(16)6-4-10/h3-6,11,13,16H,7-9H2,1-2H3. The fraction of sp³-hybridized carbons (Fsp3) is 0.500. The molecule has 0 bridgehead atoms. The van der Waals surface area contributed by atoms with Gasteiger partial charge >= 0.3 is 5.97 Å². The normalized spacial score (nSPS) is 24.8. The lowest BCUT2D eigenvalue weighted by Crippen LogP contribution is -2.36. The van der Waals surface area contributed by atoms with Crippen molar-refractivity contribution in [3.8, 4) is 5.75 Å². The maximum Gasteiger partial charge on any atom is 0.308 e. The molecule has 1 saturated heterocycles. The van der Waals surface area contributed by atoms with Crippen LogP contribution in [0.3, 0.4) is 0 Å². The van der Waals surface area contributed by atoms with Gasteiger partial charge in [-0.25, -0.2) is 0 Å². The van der Waals surface area contributed by atoms with E-state index in [0.717, 1.165) is 24.9 Å². The summed E-state index contributed by atoms with van der Waals surface area (Å²) in [5.41, 5.74) is 1.13. The van der Waals surface area contributed by atoms with Gasteiger partial charge in [0, 0.05) is 6.04 Å². The van der Waals surface area contributed by atoms with Crippen LogP contribution in [-0.2, 0) is 9.53 Å². The molecule has 98 valence electrons. The number of carbonyl (C=O) groups is 1. The third-order valence-corrected chi connectivity index (χ3v) is 3.68. The number of aromatic hydroxyl groups is 1. The van der Waals surface area contributed by atoms with E-state index in [2.05, 4.69) is 11.9 Å². The van der Waals surface area contributed by atoms with E-state index >= 15 is 0 Å². The van der Waals surface area contributed by atoms with Crippen molar-refractivity contribution in [3.05, 3.63) is 29.8 Å². The van der Waals surface area contributed by atoms with Gasteiger partial charge in [-0.05, 0) is 44.1 Å². The highest BCUT2D eigenvalue weighted by atomic mass is 16.5. The monoisotopic (exact) mass is 249 g/mol. The Kier molecular flexibility index (Phi) is 3.87. The molecule has 1 heterocycles. The highest BCUT2D eigenvalue weighted by molar-refractivity contribution is 5.72. The maximum absolute atomic E-state index is 11.6. The molecule has 1 aromatic rings. The van der Waals surface area contributed by atoms with Gasteiger partial charge in [-0.3, -0.25) is 9.69 Å². The smallest absolute Gasteiger partial charge is 0.308 e. The van der Waals surface area contributed by atoms with Crippen LogP contribution in [0, 0.1) is 5.92 Å². The quantitative estimate of drug-likeness (QED) is 0.814. The summed E-state index contributed by atoms with van der Waals surface area (Å²) >= 11 is 0. The zero-order valence-corrected chi connectivity index (χ0v) is 10.8. The van der Waals surface area contributed by atoms with Crippen molar-refractivity contribution in [2.24, 2.45) is 5.92 Å². The largest absolute Gasteiger partial charge is 0.508 e. The average Bonchev–Trinajstić information content (AvgIpc) is 2.39. The molecule has 1 aromatic carbocycles. The number of ether oxygens (including phenoxy) is 1. The van der Waals surface area contributed by atoms with E-state index in [0.29, 0.717) is 0 Å². The van der Waals surface area contributed by atoms with Crippen LogP contribution in [0.4, 0.5) is 0 Å². The van der Waals surface area contributed by atoms with Gasteiger partial charge in [0.1, 0.15) is 5.75 Å². The number of methoxy groups -OCH3 is 1. The lowest BCUT2D eigenvalue weighted by Gasteiger charge is -2.36. The Morgan fingerprint density at radius 2 is 2.06 bits per heavy atom. The highest BCUT2D eigenvalue weighted by Gasteiger charge is 2.31. The number of esters is 1. The van der Waals surface area contributed by atoms with Crippen LogP contribution in [0.15, 0.2) is 24.3 Å². The lowest BCUT2D eigenvalue weighted by atomic mass is 9.87. The van der Waals surface area contributed by atoms with E-state index < -0.39 is 0 Å². The van der Waals surface area contributed by atoms with Crippen molar-refractivity contribution in [2.75, 3.05) is 20.7 Å². The Balaban J connectivity index is 2.14. The molecule has 4 nitrogen and oxygen atoms in total. The molecular formula is C14H19NO3. The molecule has 0 aliphatic carbocycles. The van der Waals surface area contributed by atoms with Crippen LogP contribution in [0.25, 0.3) is 0 Å². The fourth-order valence-electron chi connectivity index (χ4n) is 2.55. The van der Waals surface area contributed by atoms with Gasteiger partial charge in [0.15, 0.2) is 0 Å². The number of hydrogen-bond donors (Lipinski definition) is 1. The Bertz CT molecular complexity index is 416. The number of likely N-dealkylation sites (tertiary alicyclic amines) is 1. The first kappa shape index (κ1) is 12.9. The van der Waals surface area contributed by atoms with Crippen LogP contribution < -0.4 is 0 Å². The molecule has 0 radical (unpaired) electrons. The summed E-state index contributed by atoms with van der Waals surface area (Å²) in [7, 11) is 3.50. The van der Waals surface area contributed by atoms with Gasteiger partial charge in [-0.2, -0.15) is 0 Å². The molecule has 0 amide bonds. The molecular weight excluding hydrogens is 230 g/mol. The average molecular weight is 249 g/mol. The number of rotatable bonds is 2. The maximum atomic E-state index is 11.6. The summed E-state index contributed by atoms with van der Waals surface area (Å²) in [5.74, 6) is 0.124. The van der Waals surface area contributed by atoms with Crippen molar-refractivity contribution >= 4 is 5.97 Å². The number of hydrogen-bond acceptors (Lipinski definition) is 4. The molecule has 1 fully saturated rings. The second-order valence-corrected chi connectivity index (χ2v) is 4.83. The van der Waals surface area contributed by atoms with Crippen LogP contribution >= 0.6 is 0 Å². The van der Waals surface area contributed by atoms with Crippen LogP contribution in [0.2, 0.25) is 0 Å². The van der Waals surface area contributed by atoms with E-state index in [4.69, 9.17) is 4.74 Å². The molecule has 1 aliphatic heterocycles. The summed E-state index contributed by atoms with van der Waals surface area (Å²) in [6, 6.07) is 7.41. The van der Waals surface area contributed by atoms with Crippen molar-refractivity contribution in [1.82, 2.24) is 4.90 Å². The van der Waals surface area contributed by atoms with Crippen molar-refractivity contribution in [1.29, 1.82) is 0 Å². The Hall–Kier alpha value is -1.55. The van der Waals surface area contributed by atoms with E-state index in [1.807, 2.05) is 12.1 Å². The van der Waals surface area contributed by atoms with Crippen LogP contribution in [0.5, 0.6) is 5.75 Å². The molecule has 1 N–H and O–H groups in total. The minimum absolute atomic E-state index is 0.0231. The molecule has 0 spiro atoms. The van der Waals surface area contributed by atoms with Crippen molar-refractivity contribution in [3.63, 3.8) is 0 Å². The Morgan fingerprint density at radius 3 is 2.67 bits per heavy atom. The van der Waals surface area contributed by atoms with Crippen LogP contribution in [-0.4, -0.2) is 36.7 Å². The molecule has 0 saturated carbocycles. The summed E-state index contributed by atoms with van der Waals surface area (Å²) in [4.78, 5) is 13.9. The number of carbonyl (C=O) groups excluding carboxylic acids is 1. The fourth-order valence-corrected chi connectivity index (χ4v) is 2.55. The van der Waals surface area contributed by atoms with E-state index in [9.17, 15) is 9.90 Å². The summed E-state index contributed by atoms with van der Waals surface area (Å²) < 4.78 is 4.83. The first-order valence-electron chi connectivity index (χ1n) is 6.19. The molecule has 2 unspecified atom stereocenters. The highest BCUT2D eigenvalue weighted by Crippen LogP contribution is 2.34. The molecule has 1 aliphatic rings. The molecule has 2 atom stereocenters. The predicted molar refractivity (Wildman–Crippen MR) is 68.2 cm³/mol. The van der Waals surface area contributed by atoms with Crippen molar-refractivity contribution < 1.29 is 14.6 Å². The van der Waals surface area contributed by atoms with E-state index in [1.54, 1.807) is 12.1 Å². The Morgan fingerprint density at radius 1 is 1.39 bits per heavy atom. The third kappa shape index (κ3) is 2.64. The van der Waals surface area contributed by atoms with E-state index in [-0.39, 0.29) is 23.7 Å². The predicted octanol–water partition coefficient (Wildman–Crippen LogP) is 1.95. The number of nitrogens with zero attached hydrogens (tertiary/aromatic N) is 1. The number of piperidine rings is 1. The molecule has 4 heteroatoms. The topological polar surface area (TPSA) is 49.8 Å². The molecule has 2 rings (SSSR count). The second kappa shape index (κ2) is 5.40. The van der Waals surface area contributed by atoms with Gasteiger partial charge in [-0.15, -0.1) is 0 Å². The first-order valence-corrected chi connectivity index (χ1v) is 6.19. The van der Waals surface area contributed by atoms with Crippen LogP contribution in [0.1, 0.15) is 24.4 Å². The number of phenols is 1. The summed E-state index contributed by atoms with van der Waals surface area (Å²) in [5, 5.41) is 9.31. The summed E-state index contributed by atoms with van der Waals surface area (Å²) in [6.45, 7) is 0.880.